The third-order valence-electron chi connectivity index (χ3n) is 5.23. The Kier molecular flexibility index (Phi) is 4.69. The molecular formula is C19H26N2O2. The molecule has 2 aliphatic carbocycles. The van der Waals surface area contributed by atoms with E-state index >= 15 is 0 Å². The predicted molar refractivity (Wildman–Crippen MR) is 91.2 cm³/mol. The predicted octanol–water partition coefficient (Wildman–Crippen LogP) is 3.27. The molecule has 0 aliphatic heterocycles. The lowest BCUT2D eigenvalue weighted by molar-refractivity contribution is -0.136. The highest BCUT2D eigenvalue weighted by Crippen LogP contribution is 2.48. The summed E-state index contributed by atoms with van der Waals surface area (Å²) in [5.41, 5.74) is 0.0164. The minimum absolute atomic E-state index is 0.0582. The summed E-state index contributed by atoms with van der Waals surface area (Å²) in [6.07, 6.45) is 8.30. The molecule has 1 aromatic carbocycles. The zero-order valence-electron chi connectivity index (χ0n) is 13.9. The maximum atomic E-state index is 12.8. The van der Waals surface area contributed by atoms with E-state index in [9.17, 15) is 9.59 Å². The maximum absolute atomic E-state index is 12.8. The van der Waals surface area contributed by atoms with E-state index < -0.39 is 5.41 Å². The highest BCUT2D eigenvalue weighted by molar-refractivity contribution is 6.13. The maximum Gasteiger partial charge on any atom is 0.242 e. The second-order valence-corrected chi connectivity index (χ2v) is 6.94. The van der Waals surface area contributed by atoms with Gasteiger partial charge in [0.2, 0.25) is 11.8 Å². The van der Waals surface area contributed by atoms with Crippen LogP contribution in [-0.2, 0) is 9.59 Å². The first-order chi connectivity index (χ1) is 11.1. The fraction of sp³-hybridized carbons (Fsp3) is 0.579. The second-order valence-electron chi connectivity index (χ2n) is 6.94. The van der Waals surface area contributed by atoms with Crippen molar-refractivity contribution in [3.05, 3.63) is 30.3 Å². The van der Waals surface area contributed by atoms with Gasteiger partial charge in [0.15, 0.2) is 0 Å². The lowest BCUT2D eigenvalue weighted by atomic mass is 10.0. The number of hydrogen-bond acceptors (Lipinski definition) is 2. The molecule has 2 aliphatic rings. The summed E-state index contributed by atoms with van der Waals surface area (Å²) in [6, 6.07) is 9.79. The van der Waals surface area contributed by atoms with E-state index in [-0.39, 0.29) is 17.9 Å². The van der Waals surface area contributed by atoms with E-state index in [4.69, 9.17) is 0 Å². The largest absolute Gasteiger partial charge is 0.352 e. The van der Waals surface area contributed by atoms with Gasteiger partial charge in [-0.2, -0.15) is 0 Å². The molecule has 2 amide bonds. The summed E-state index contributed by atoms with van der Waals surface area (Å²) in [5.74, 6) is -0.132. The molecule has 4 nitrogen and oxygen atoms in total. The van der Waals surface area contributed by atoms with Gasteiger partial charge in [0, 0.05) is 18.8 Å². The Morgan fingerprint density at radius 1 is 1.04 bits per heavy atom. The van der Waals surface area contributed by atoms with E-state index in [1.54, 1.807) is 11.9 Å². The number of carbonyl (C=O) groups is 2. The minimum Gasteiger partial charge on any atom is -0.352 e. The fourth-order valence-electron chi connectivity index (χ4n) is 3.50. The van der Waals surface area contributed by atoms with Crippen LogP contribution >= 0.6 is 0 Å². The smallest absolute Gasteiger partial charge is 0.242 e. The zero-order valence-corrected chi connectivity index (χ0v) is 13.9. The van der Waals surface area contributed by atoms with Crippen LogP contribution < -0.4 is 10.2 Å². The first-order valence-corrected chi connectivity index (χ1v) is 8.78. The van der Waals surface area contributed by atoms with Crippen molar-refractivity contribution in [2.45, 2.75) is 57.4 Å². The molecule has 2 fully saturated rings. The van der Waals surface area contributed by atoms with Crippen LogP contribution in [0.2, 0.25) is 0 Å². The monoisotopic (exact) mass is 314 g/mol. The summed E-state index contributed by atoms with van der Waals surface area (Å²) in [7, 11) is 1.76. The summed E-state index contributed by atoms with van der Waals surface area (Å²) in [4.78, 5) is 27.2. The number of amides is 2. The molecule has 0 unspecified atom stereocenters. The van der Waals surface area contributed by atoms with E-state index in [1.165, 1.54) is 25.7 Å². The molecule has 1 N–H and O–H groups in total. The Balaban J connectivity index is 1.66. The number of carbonyl (C=O) groups excluding carboxylic acids is 2. The summed E-state index contributed by atoms with van der Waals surface area (Å²) in [5, 5.41) is 3.16. The van der Waals surface area contributed by atoms with Crippen molar-refractivity contribution in [3.8, 4) is 0 Å². The van der Waals surface area contributed by atoms with Crippen LogP contribution in [0, 0.1) is 5.41 Å². The number of hydrogen-bond donors (Lipinski definition) is 1. The van der Waals surface area contributed by atoms with E-state index in [0.29, 0.717) is 12.8 Å². The molecule has 3 rings (SSSR count). The third kappa shape index (κ3) is 3.41. The molecule has 0 atom stereocenters. The Bertz CT molecular complexity index is 558. The molecule has 2 saturated carbocycles. The van der Waals surface area contributed by atoms with Crippen LogP contribution in [0.1, 0.15) is 51.4 Å². The molecule has 124 valence electrons. The molecule has 0 radical (unpaired) electrons. The van der Waals surface area contributed by atoms with Gasteiger partial charge >= 0.3 is 0 Å². The summed E-state index contributed by atoms with van der Waals surface area (Å²) in [6.45, 7) is 0. The van der Waals surface area contributed by atoms with E-state index in [1.807, 2.05) is 30.3 Å². The molecule has 0 heterocycles. The second kappa shape index (κ2) is 6.73. The van der Waals surface area contributed by atoms with Crippen molar-refractivity contribution in [1.29, 1.82) is 0 Å². The number of para-hydroxylation sites is 1. The van der Waals surface area contributed by atoms with Gasteiger partial charge in [0.25, 0.3) is 0 Å². The topological polar surface area (TPSA) is 49.4 Å². The molecular weight excluding hydrogens is 288 g/mol. The van der Waals surface area contributed by atoms with E-state index in [2.05, 4.69) is 5.32 Å². The van der Waals surface area contributed by atoms with Crippen LogP contribution in [0.4, 0.5) is 5.69 Å². The van der Waals surface area contributed by atoms with Gasteiger partial charge < -0.3 is 10.2 Å². The highest BCUT2D eigenvalue weighted by Gasteiger charge is 2.58. The van der Waals surface area contributed by atoms with Crippen LogP contribution in [0.3, 0.4) is 0 Å². The Morgan fingerprint density at radius 2 is 1.65 bits per heavy atom. The Labute approximate surface area is 138 Å². The molecule has 0 spiro atoms. The lowest BCUT2D eigenvalue weighted by Crippen LogP contribution is -2.47. The van der Waals surface area contributed by atoms with Gasteiger partial charge in [-0.25, -0.2) is 0 Å². The third-order valence-corrected chi connectivity index (χ3v) is 5.23. The van der Waals surface area contributed by atoms with Crippen LogP contribution in [0.15, 0.2) is 30.3 Å². The van der Waals surface area contributed by atoms with Crippen molar-refractivity contribution < 1.29 is 9.59 Å². The number of anilines is 1. The number of nitrogens with one attached hydrogen (secondary N) is 1. The van der Waals surface area contributed by atoms with Crippen LogP contribution in [0.5, 0.6) is 0 Å². The molecule has 1 aromatic rings. The molecule has 4 heteroatoms. The van der Waals surface area contributed by atoms with Gasteiger partial charge in [0.05, 0.1) is 0 Å². The first-order valence-electron chi connectivity index (χ1n) is 8.78. The minimum atomic E-state index is -0.823. The highest BCUT2D eigenvalue weighted by atomic mass is 16.2. The number of benzene rings is 1. The average Bonchev–Trinajstić information content (AvgIpc) is 3.40. The van der Waals surface area contributed by atoms with E-state index in [0.717, 1.165) is 18.5 Å². The molecule has 0 saturated heterocycles. The van der Waals surface area contributed by atoms with Gasteiger partial charge in [0.1, 0.15) is 5.41 Å². The lowest BCUT2D eigenvalue weighted by Gasteiger charge is -2.25. The van der Waals surface area contributed by atoms with Crippen molar-refractivity contribution in [3.63, 3.8) is 0 Å². The van der Waals surface area contributed by atoms with Crippen LogP contribution in [0.25, 0.3) is 0 Å². The van der Waals surface area contributed by atoms with Crippen molar-refractivity contribution in [2.24, 2.45) is 5.41 Å². The zero-order chi connectivity index (χ0) is 16.3. The van der Waals surface area contributed by atoms with Gasteiger partial charge in [-0.3, -0.25) is 9.59 Å². The molecule has 0 bridgehead atoms. The summed E-state index contributed by atoms with van der Waals surface area (Å²) >= 11 is 0. The normalized spacial score (nSPS) is 20.4. The number of rotatable bonds is 4. The average molecular weight is 314 g/mol. The van der Waals surface area contributed by atoms with Gasteiger partial charge in [-0.15, -0.1) is 0 Å². The van der Waals surface area contributed by atoms with Crippen molar-refractivity contribution in [2.75, 3.05) is 11.9 Å². The Hall–Kier alpha value is -1.84. The Morgan fingerprint density at radius 3 is 2.22 bits per heavy atom. The van der Waals surface area contributed by atoms with Crippen LogP contribution in [-0.4, -0.2) is 24.9 Å². The first kappa shape index (κ1) is 16.0. The summed E-state index contributed by atoms with van der Waals surface area (Å²) < 4.78 is 0. The van der Waals surface area contributed by atoms with Gasteiger partial charge in [-0.05, 0) is 37.8 Å². The SMILES string of the molecule is CN(C(=O)C1(C(=O)NC2CCCCCC2)CC1)c1ccccc1. The quantitative estimate of drug-likeness (QED) is 0.685. The number of nitrogens with zero attached hydrogens (tertiary/aromatic N) is 1. The van der Waals surface area contributed by atoms with Crippen molar-refractivity contribution >= 4 is 17.5 Å². The van der Waals surface area contributed by atoms with Gasteiger partial charge in [-0.1, -0.05) is 43.9 Å². The van der Waals surface area contributed by atoms with Crippen molar-refractivity contribution in [1.82, 2.24) is 5.32 Å². The fourth-order valence-corrected chi connectivity index (χ4v) is 3.50. The standard InChI is InChI=1S/C19H26N2O2/c1-21(16-11-7-4-8-12-16)18(23)19(13-14-19)17(22)20-15-9-5-2-3-6-10-15/h4,7-8,11-12,15H,2-3,5-6,9-10,13-14H2,1H3,(H,20,22). The molecule has 0 aromatic heterocycles. The molecule has 23 heavy (non-hydrogen) atoms.